The summed E-state index contributed by atoms with van der Waals surface area (Å²) in [5, 5.41) is 9.32. The summed E-state index contributed by atoms with van der Waals surface area (Å²) in [5.74, 6) is 0. The number of hydrogen-bond acceptors (Lipinski definition) is 1. The standard InChI is InChI=1S/C18H17N/c1-13-9-16(10-14(2)15(13)3)11-18(12-19)17-7-5-4-6-8-17/h4-11H,1-3H3/b18-11+. The molecule has 0 N–H and O–H groups in total. The summed E-state index contributed by atoms with van der Waals surface area (Å²) in [5.41, 5.74) is 6.58. The van der Waals surface area contributed by atoms with Crippen LogP contribution in [0.5, 0.6) is 0 Å². The average Bonchev–Trinajstić information content (AvgIpc) is 2.43. The maximum absolute atomic E-state index is 9.32. The first-order valence-corrected chi connectivity index (χ1v) is 6.37. The Morgan fingerprint density at radius 3 is 2.11 bits per heavy atom. The minimum Gasteiger partial charge on any atom is -0.192 e. The van der Waals surface area contributed by atoms with Crippen molar-refractivity contribution in [3.05, 3.63) is 70.3 Å². The van der Waals surface area contributed by atoms with Gasteiger partial charge in [-0.05, 0) is 54.7 Å². The van der Waals surface area contributed by atoms with Crippen LogP contribution in [0.4, 0.5) is 0 Å². The van der Waals surface area contributed by atoms with Crippen LogP contribution < -0.4 is 0 Å². The highest BCUT2D eigenvalue weighted by atomic mass is 14.2. The second-order valence-electron chi connectivity index (χ2n) is 4.82. The van der Waals surface area contributed by atoms with Crippen molar-refractivity contribution in [3.8, 4) is 6.07 Å². The van der Waals surface area contributed by atoms with Crippen molar-refractivity contribution in [3.63, 3.8) is 0 Å². The Bertz CT molecular complexity index is 635. The first-order chi connectivity index (χ1) is 9.11. The van der Waals surface area contributed by atoms with Gasteiger partial charge < -0.3 is 0 Å². The van der Waals surface area contributed by atoms with E-state index in [9.17, 15) is 5.26 Å². The van der Waals surface area contributed by atoms with Crippen LogP contribution in [0.2, 0.25) is 0 Å². The van der Waals surface area contributed by atoms with Gasteiger partial charge in [-0.2, -0.15) is 5.26 Å². The Labute approximate surface area is 114 Å². The van der Waals surface area contributed by atoms with Crippen molar-refractivity contribution in [2.24, 2.45) is 0 Å². The van der Waals surface area contributed by atoms with Gasteiger partial charge in [0.1, 0.15) is 0 Å². The van der Waals surface area contributed by atoms with Gasteiger partial charge in [-0.3, -0.25) is 0 Å². The van der Waals surface area contributed by atoms with Gasteiger partial charge >= 0.3 is 0 Å². The number of allylic oxidation sites excluding steroid dienone is 1. The molecule has 0 saturated carbocycles. The van der Waals surface area contributed by atoms with Crippen molar-refractivity contribution < 1.29 is 0 Å². The molecule has 0 fully saturated rings. The highest BCUT2D eigenvalue weighted by molar-refractivity contribution is 5.89. The summed E-state index contributed by atoms with van der Waals surface area (Å²) >= 11 is 0. The first kappa shape index (κ1) is 13.1. The molecule has 0 aromatic heterocycles. The summed E-state index contributed by atoms with van der Waals surface area (Å²) in [7, 11) is 0. The van der Waals surface area contributed by atoms with Crippen LogP contribution in [0.3, 0.4) is 0 Å². The molecular formula is C18H17N. The van der Waals surface area contributed by atoms with E-state index in [0.29, 0.717) is 5.57 Å². The molecular weight excluding hydrogens is 230 g/mol. The van der Waals surface area contributed by atoms with Gasteiger partial charge in [0, 0.05) is 0 Å². The normalized spacial score (nSPS) is 11.2. The lowest BCUT2D eigenvalue weighted by Gasteiger charge is -2.07. The van der Waals surface area contributed by atoms with Crippen LogP contribution in [0.1, 0.15) is 27.8 Å². The zero-order chi connectivity index (χ0) is 13.8. The third-order valence-corrected chi connectivity index (χ3v) is 3.47. The number of hydrogen-bond donors (Lipinski definition) is 0. The Balaban J connectivity index is 2.48. The molecule has 0 radical (unpaired) electrons. The monoisotopic (exact) mass is 247 g/mol. The zero-order valence-corrected chi connectivity index (χ0v) is 11.6. The van der Waals surface area contributed by atoms with Gasteiger partial charge in [-0.15, -0.1) is 0 Å². The molecule has 0 heterocycles. The highest BCUT2D eigenvalue weighted by Crippen LogP contribution is 2.21. The van der Waals surface area contributed by atoms with Crippen LogP contribution in [-0.2, 0) is 0 Å². The highest BCUT2D eigenvalue weighted by Gasteiger charge is 2.03. The molecule has 0 saturated heterocycles. The summed E-state index contributed by atoms with van der Waals surface area (Å²) in [4.78, 5) is 0. The van der Waals surface area contributed by atoms with Crippen LogP contribution in [-0.4, -0.2) is 0 Å². The molecule has 0 amide bonds. The quantitative estimate of drug-likeness (QED) is 0.558. The minimum atomic E-state index is 0.697. The summed E-state index contributed by atoms with van der Waals surface area (Å²) in [6.45, 7) is 6.34. The molecule has 2 aromatic rings. The van der Waals surface area contributed by atoms with Crippen molar-refractivity contribution in [2.75, 3.05) is 0 Å². The number of aryl methyl sites for hydroxylation is 2. The second kappa shape index (κ2) is 5.54. The fraction of sp³-hybridized carbons (Fsp3) is 0.167. The fourth-order valence-corrected chi connectivity index (χ4v) is 2.12. The van der Waals surface area contributed by atoms with Crippen molar-refractivity contribution in [2.45, 2.75) is 20.8 Å². The average molecular weight is 247 g/mol. The molecule has 0 aliphatic carbocycles. The lowest BCUT2D eigenvalue weighted by molar-refractivity contribution is 1.26. The molecule has 0 atom stereocenters. The van der Waals surface area contributed by atoms with E-state index in [-0.39, 0.29) is 0 Å². The smallest absolute Gasteiger partial charge is 0.0998 e. The number of nitriles is 1. The van der Waals surface area contributed by atoms with E-state index in [1.54, 1.807) is 0 Å². The number of benzene rings is 2. The molecule has 0 bridgehead atoms. The van der Waals surface area contributed by atoms with E-state index in [2.05, 4.69) is 39.0 Å². The topological polar surface area (TPSA) is 23.8 Å². The number of rotatable bonds is 2. The molecule has 0 unspecified atom stereocenters. The third-order valence-electron chi connectivity index (χ3n) is 3.47. The molecule has 0 aliphatic rings. The molecule has 0 spiro atoms. The van der Waals surface area contributed by atoms with Gasteiger partial charge in [-0.1, -0.05) is 42.5 Å². The maximum Gasteiger partial charge on any atom is 0.0998 e. The van der Waals surface area contributed by atoms with Gasteiger partial charge in [0.25, 0.3) is 0 Å². The van der Waals surface area contributed by atoms with E-state index >= 15 is 0 Å². The third kappa shape index (κ3) is 2.92. The van der Waals surface area contributed by atoms with E-state index in [0.717, 1.165) is 11.1 Å². The maximum atomic E-state index is 9.32. The van der Waals surface area contributed by atoms with E-state index in [1.165, 1.54) is 16.7 Å². The molecule has 2 rings (SSSR count). The lowest BCUT2D eigenvalue weighted by Crippen LogP contribution is -1.89. The van der Waals surface area contributed by atoms with Crippen LogP contribution >= 0.6 is 0 Å². The predicted octanol–water partition coefficient (Wildman–Crippen LogP) is 4.68. The van der Waals surface area contributed by atoms with Crippen LogP contribution in [0.25, 0.3) is 11.6 Å². The van der Waals surface area contributed by atoms with Crippen molar-refractivity contribution in [1.82, 2.24) is 0 Å². The zero-order valence-electron chi connectivity index (χ0n) is 11.6. The van der Waals surface area contributed by atoms with Gasteiger partial charge in [-0.25, -0.2) is 0 Å². The summed E-state index contributed by atoms with van der Waals surface area (Å²) in [6.07, 6.45) is 1.95. The SMILES string of the molecule is Cc1cc(/C=C(\C#N)c2ccccc2)cc(C)c1C. The second-order valence-corrected chi connectivity index (χ2v) is 4.82. The van der Waals surface area contributed by atoms with E-state index < -0.39 is 0 Å². The van der Waals surface area contributed by atoms with Crippen molar-refractivity contribution in [1.29, 1.82) is 5.26 Å². The van der Waals surface area contributed by atoms with Gasteiger partial charge in [0.2, 0.25) is 0 Å². The molecule has 19 heavy (non-hydrogen) atoms. The molecule has 1 nitrogen and oxygen atoms in total. The molecule has 0 aliphatic heterocycles. The number of nitrogens with zero attached hydrogens (tertiary/aromatic N) is 1. The first-order valence-electron chi connectivity index (χ1n) is 6.37. The summed E-state index contributed by atoms with van der Waals surface area (Å²) in [6, 6.07) is 16.3. The largest absolute Gasteiger partial charge is 0.192 e. The molecule has 2 aromatic carbocycles. The Kier molecular flexibility index (Phi) is 3.82. The van der Waals surface area contributed by atoms with Crippen molar-refractivity contribution >= 4 is 11.6 Å². The molecule has 1 heteroatoms. The lowest BCUT2D eigenvalue weighted by atomic mass is 9.98. The predicted molar refractivity (Wildman–Crippen MR) is 80.6 cm³/mol. The summed E-state index contributed by atoms with van der Waals surface area (Å²) < 4.78 is 0. The van der Waals surface area contributed by atoms with Crippen LogP contribution in [0, 0.1) is 32.1 Å². The van der Waals surface area contributed by atoms with E-state index in [1.807, 2.05) is 36.4 Å². The van der Waals surface area contributed by atoms with Gasteiger partial charge in [0.15, 0.2) is 0 Å². The Morgan fingerprint density at radius 1 is 1.00 bits per heavy atom. The van der Waals surface area contributed by atoms with Crippen LogP contribution in [0.15, 0.2) is 42.5 Å². The minimum absolute atomic E-state index is 0.697. The molecule has 94 valence electrons. The van der Waals surface area contributed by atoms with Gasteiger partial charge in [0.05, 0.1) is 11.6 Å². The Morgan fingerprint density at radius 2 is 1.58 bits per heavy atom. The van der Waals surface area contributed by atoms with E-state index in [4.69, 9.17) is 0 Å². The fourth-order valence-electron chi connectivity index (χ4n) is 2.12. The Hall–Kier alpha value is -2.33.